The van der Waals surface area contributed by atoms with Gasteiger partial charge in [-0.25, -0.2) is 0 Å². The Hall–Kier alpha value is -2.16. The van der Waals surface area contributed by atoms with E-state index in [0.29, 0.717) is 11.8 Å². The van der Waals surface area contributed by atoms with Crippen molar-refractivity contribution in [1.82, 2.24) is 24.9 Å². The number of nitrogens with one attached hydrogen (secondary N) is 2. The van der Waals surface area contributed by atoms with E-state index in [9.17, 15) is 0 Å². The minimum absolute atomic E-state index is 0.0284. The first-order valence-electron chi connectivity index (χ1n) is 11.3. The van der Waals surface area contributed by atoms with Gasteiger partial charge in [-0.15, -0.1) is 0 Å². The number of imidazole rings is 2. The quantitative estimate of drug-likeness (QED) is 0.314. The molecule has 1 aliphatic rings. The van der Waals surface area contributed by atoms with Crippen LogP contribution < -0.4 is 0.193 Å². The van der Waals surface area contributed by atoms with Gasteiger partial charge in [-0.05, 0) is 0 Å². The molecule has 0 aliphatic carbocycles. The Balaban J connectivity index is 1.32. The molecule has 5 aromatic rings. The Morgan fingerprint density at radius 2 is 1.61 bits per heavy atom. The fourth-order valence-corrected chi connectivity index (χ4v) is 6.82. The first kappa shape index (κ1) is 21.4. The summed E-state index contributed by atoms with van der Waals surface area (Å²) in [5.74, 6) is 2.91. The normalized spacial score (nSPS) is 12.9. The molecule has 5 nitrogen and oxygen atoms in total. The van der Waals surface area contributed by atoms with Crippen molar-refractivity contribution >= 4 is 11.1 Å². The van der Waals surface area contributed by atoms with Crippen molar-refractivity contribution in [2.45, 2.75) is 39.5 Å². The van der Waals surface area contributed by atoms with Crippen molar-refractivity contribution < 1.29 is 44.2 Å². The van der Waals surface area contributed by atoms with Gasteiger partial charge >= 0.3 is 200 Å². The summed E-state index contributed by atoms with van der Waals surface area (Å²) in [6.45, 7) is 8.65. The van der Waals surface area contributed by atoms with Gasteiger partial charge in [0.1, 0.15) is 0 Å². The Morgan fingerprint density at radius 1 is 0.788 bits per heavy atom. The Labute approximate surface area is 217 Å². The molecule has 6 rings (SSSR count). The monoisotopic (exact) mass is 551 g/mol. The molecule has 2 N–H and O–H groups in total. The maximum atomic E-state index is 4.97. The van der Waals surface area contributed by atoms with Crippen LogP contribution in [0.25, 0.3) is 44.7 Å². The molecule has 33 heavy (non-hydrogen) atoms. The van der Waals surface area contributed by atoms with Crippen molar-refractivity contribution in [3.63, 3.8) is 0 Å². The second-order valence-electron chi connectivity index (χ2n) is 9.14. The van der Waals surface area contributed by atoms with Gasteiger partial charge in [-0.1, -0.05) is 13.8 Å². The predicted octanol–water partition coefficient (Wildman–Crippen LogP) is 5.28. The van der Waals surface area contributed by atoms with Crippen LogP contribution in [0.4, 0.5) is 0 Å². The fraction of sp³-hybridized carbons (Fsp3) is 0.222. The molecule has 166 valence electrons. The van der Waals surface area contributed by atoms with E-state index in [-0.39, 0.29) is 44.2 Å². The van der Waals surface area contributed by atoms with E-state index in [1.165, 1.54) is 11.3 Å². The number of aromatic nitrogens is 5. The average molecular weight is 551 g/mol. The van der Waals surface area contributed by atoms with Crippen molar-refractivity contribution in [3.05, 3.63) is 66.4 Å². The zero-order valence-corrected chi connectivity index (χ0v) is 21.1. The summed E-state index contributed by atoms with van der Waals surface area (Å²) in [5.41, 5.74) is 7.78. The van der Waals surface area contributed by atoms with Gasteiger partial charge in [0.15, 0.2) is 0 Å². The number of pyridine rings is 1. The van der Waals surface area contributed by atoms with Gasteiger partial charge in [0.05, 0.1) is 0 Å². The number of nitrogens with zero attached hydrogens (tertiary/aromatic N) is 3. The first-order valence-corrected chi connectivity index (χ1v) is 13.3. The number of H-pyrrole nitrogens is 2. The molecule has 0 saturated heterocycles. The SMILES string of the molecule is CC(C)c1ncc(-c2ccc3nc(-c4ccc5c(c4)[Xe]c4[nH]c(C(C)C)nc4-5)ccc3c2)[nH]1. The number of hydrogen-bond donors (Lipinski definition) is 2. The third-order valence-electron chi connectivity index (χ3n) is 6.05. The van der Waals surface area contributed by atoms with Crippen LogP contribution in [0.5, 0.6) is 0 Å². The second kappa shape index (κ2) is 8.25. The maximum absolute atomic E-state index is 4.97. The predicted molar refractivity (Wildman–Crippen MR) is 130 cm³/mol. The molecule has 0 radical (unpaired) electrons. The van der Waals surface area contributed by atoms with E-state index >= 15 is 0 Å². The van der Waals surface area contributed by atoms with E-state index in [1.54, 1.807) is 0 Å². The Kier molecular flexibility index (Phi) is 5.35. The van der Waals surface area contributed by atoms with Crippen LogP contribution in [-0.4, -0.2) is 24.9 Å². The van der Waals surface area contributed by atoms with E-state index in [4.69, 9.17) is 9.97 Å². The van der Waals surface area contributed by atoms with Gasteiger partial charge < -0.3 is 0 Å². The first-order chi connectivity index (χ1) is 16.0. The molecular weight excluding hydrogens is 526 g/mol. The summed E-state index contributed by atoms with van der Waals surface area (Å²) < 4.78 is 2.72. The van der Waals surface area contributed by atoms with Crippen LogP contribution in [-0.2, 0) is 0 Å². The zero-order chi connectivity index (χ0) is 22.7. The topological polar surface area (TPSA) is 70.2 Å². The van der Waals surface area contributed by atoms with Gasteiger partial charge in [0, 0.05) is 5.92 Å². The van der Waals surface area contributed by atoms with Gasteiger partial charge in [-0.2, -0.15) is 0 Å². The van der Waals surface area contributed by atoms with Gasteiger partial charge in [-0.3, -0.25) is 0 Å². The van der Waals surface area contributed by atoms with Crippen LogP contribution in [0.2, 0.25) is 0 Å². The molecule has 0 unspecified atom stereocenters. The van der Waals surface area contributed by atoms with E-state index < -0.39 is 0 Å². The van der Waals surface area contributed by atoms with Gasteiger partial charge in [0.2, 0.25) is 0 Å². The van der Waals surface area contributed by atoms with Crippen LogP contribution in [0.1, 0.15) is 51.2 Å². The molecule has 3 aromatic heterocycles. The third kappa shape index (κ3) is 3.82. The number of fused-ring (bicyclic) bond motifs is 4. The van der Waals surface area contributed by atoms with Crippen molar-refractivity contribution in [2.75, 3.05) is 0 Å². The third-order valence-corrected chi connectivity index (χ3v) is 8.67. The fourth-order valence-electron chi connectivity index (χ4n) is 4.13. The molecule has 1 aliphatic heterocycles. The molecular formula is C27H25N5Xe. The Bertz CT molecular complexity index is 1510. The average Bonchev–Trinajstić information content (AvgIpc) is 3.52. The second-order valence-corrected chi connectivity index (χ2v) is 11.7. The molecule has 0 amide bonds. The summed E-state index contributed by atoms with van der Waals surface area (Å²) in [4.78, 5) is 21.3. The Morgan fingerprint density at radius 3 is 2.39 bits per heavy atom. The van der Waals surface area contributed by atoms with Crippen LogP contribution in [0.3, 0.4) is 0 Å². The number of hydrogen-bond acceptors (Lipinski definition) is 3. The van der Waals surface area contributed by atoms with E-state index in [0.717, 1.165) is 45.2 Å². The summed E-state index contributed by atoms with van der Waals surface area (Å²) in [6.07, 6.45) is 1.92. The molecule has 0 bridgehead atoms. The minimum atomic E-state index is -0.0284. The van der Waals surface area contributed by atoms with Crippen LogP contribution in [0, 0.1) is 44.2 Å². The molecule has 0 fully saturated rings. The number of rotatable bonds is 4. The molecule has 0 atom stereocenters. The van der Waals surface area contributed by atoms with Crippen LogP contribution >= 0.6 is 0 Å². The summed E-state index contributed by atoms with van der Waals surface area (Å²) in [5, 5.41) is 1.13. The van der Waals surface area contributed by atoms with Crippen molar-refractivity contribution in [3.8, 4) is 33.8 Å². The number of aromatic amines is 2. The van der Waals surface area contributed by atoms with E-state index in [1.807, 2.05) is 6.20 Å². The summed E-state index contributed by atoms with van der Waals surface area (Å²) in [6, 6.07) is 17.4. The van der Waals surface area contributed by atoms with Gasteiger partial charge in [0.25, 0.3) is 0 Å². The molecule has 0 spiro atoms. The molecule has 6 heteroatoms. The standard InChI is InChI=1S/C27H25N5Xe/c1-14(2)25-28-13-22(30-25)17-7-10-20-16(11-17)6-9-21(29-20)18-5-8-19-23(12-18)33-27-24(19)31-26(32-27)15(3)4/h5-15H,1-4H3,(H,28,30)(H,31,32). The number of benzene rings is 2. The molecule has 4 heterocycles. The van der Waals surface area contributed by atoms with E-state index in [2.05, 4.69) is 91.2 Å². The zero-order valence-electron chi connectivity index (χ0n) is 19.0. The van der Waals surface area contributed by atoms with Crippen molar-refractivity contribution in [2.24, 2.45) is 0 Å². The summed E-state index contributed by atoms with van der Waals surface area (Å²) >= 11 is -0.0284. The van der Waals surface area contributed by atoms with Crippen LogP contribution in [0.15, 0.2) is 54.7 Å². The summed E-state index contributed by atoms with van der Waals surface area (Å²) in [7, 11) is 0. The molecule has 2 aromatic carbocycles. The molecule has 0 saturated carbocycles. The van der Waals surface area contributed by atoms with Crippen molar-refractivity contribution in [1.29, 1.82) is 0 Å².